The fourth-order valence-electron chi connectivity index (χ4n) is 1.91. The molecule has 6 heteroatoms. The summed E-state index contributed by atoms with van der Waals surface area (Å²) in [5.41, 5.74) is -0.127. The van der Waals surface area contributed by atoms with E-state index in [0.717, 1.165) is 12.8 Å². The predicted molar refractivity (Wildman–Crippen MR) is 81.8 cm³/mol. The van der Waals surface area contributed by atoms with E-state index in [1.165, 1.54) is 4.88 Å². The number of aromatic carboxylic acids is 1. The van der Waals surface area contributed by atoms with E-state index in [-0.39, 0.29) is 16.8 Å². The molecule has 4 nitrogen and oxygen atoms in total. The molecule has 0 fully saturated rings. The van der Waals surface area contributed by atoms with Gasteiger partial charge in [0.15, 0.2) is 5.69 Å². The number of hydrogen-bond donors (Lipinski definition) is 2. The van der Waals surface area contributed by atoms with Crippen LogP contribution in [-0.2, 0) is 0 Å². The lowest BCUT2D eigenvalue weighted by molar-refractivity contribution is 0.0691. The molecule has 2 aromatic rings. The number of aromatic nitrogens is 1. The fraction of sp³-hybridized carbons (Fsp3) is 0.286. The van der Waals surface area contributed by atoms with E-state index in [1.807, 2.05) is 11.4 Å². The molecule has 1 unspecified atom stereocenters. The zero-order valence-corrected chi connectivity index (χ0v) is 12.5. The summed E-state index contributed by atoms with van der Waals surface area (Å²) in [6.45, 7) is 2.11. The van der Waals surface area contributed by atoms with Gasteiger partial charge in [0.25, 0.3) is 0 Å². The first kappa shape index (κ1) is 14.8. The maximum Gasteiger partial charge on any atom is 0.356 e. The first-order valence-electron chi connectivity index (χ1n) is 6.31. The van der Waals surface area contributed by atoms with Crippen molar-refractivity contribution in [1.29, 1.82) is 0 Å². The highest BCUT2D eigenvalue weighted by Gasteiger charge is 2.15. The van der Waals surface area contributed by atoms with Crippen molar-refractivity contribution in [2.45, 2.75) is 25.8 Å². The minimum atomic E-state index is -1.12. The highest BCUT2D eigenvalue weighted by molar-refractivity contribution is 7.10. The number of hydrogen-bond acceptors (Lipinski definition) is 4. The van der Waals surface area contributed by atoms with Crippen LogP contribution in [0.4, 0.5) is 5.82 Å². The van der Waals surface area contributed by atoms with Crippen molar-refractivity contribution in [1.82, 2.24) is 4.98 Å². The quantitative estimate of drug-likeness (QED) is 0.827. The van der Waals surface area contributed by atoms with E-state index < -0.39 is 5.97 Å². The van der Waals surface area contributed by atoms with Gasteiger partial charge in [0.1, 0.15) is 5.82 Å². The van der Waals surface area contributed by atoms with Gasteiger partial charge in [-0.05, 0) is 30.0 Å². The van der Waals surface area contributed by atoms with Gasteiger partial charge in [0.05, 0.1) is 11.1 Å². The summed E-state index contributed by atoms with van der Waals surface area (Å²) in [7, 11) is 0. The third kappa shape index (κ3) is 3.49. The van der Waals surface area contributed by atoms with Crippen LogP contribution in [0.1, 0.15) is 41.2 Å². The summed E-state index contributed by atoms with van der Waals surface area (Å²) >= 11 is 7.49. The van der Waals surface area contributed by atoms with Gasteiger partial charge in [0, 0.05) is 4.88 Å². The highest BCUT2D eigenvalue weighted by Crippen LogP contribution is 2.27. The van der Waals surface area contributed by atoms with Crippen molar-refractivity contribution in [3.8, 4) is 0 Å². The molecule has 0 bridgehead atoms. The average Bonchev–Trinajstić information content (AvgIpc) is 2.94. The van der Waals surface area contributed by atoms with Crippen LogP contribution in [0.5, 0.6) is 0 Å². The van der Waals surface area contributed by atoms with Crippen molar-refractivity contribution in [3.63, 3.8) is 0 Å². The molecule has 0 aliphatic rings. The molecular weight excluding hydrogens is 296 g/mol. The number of thiophene rings is 1. The molecular formula is C14H15ClN2O2S. The van der Waals surface area contributed by atoms with Crippen LogP contribution in [0, 0.1) is 0 Å². The summed E-state index contributed by atoms with van der Waals surface area (Å²) in [5, 5.41) is 14.5. The Morgan fingerprint density at radius 1 is 1.50 bits per heavy atom. The number of halogens is 1. The van der Waals surface area contributed by atoms with Gasteiger partial charge >= 0.3 is 5.97 Å². The van der Waals surface area contributed by atoms with E-state index in [2.05, 4.69) is 23.3 Å². The average molecular weight is 311 g/mol. The Balaban J connectivity index is 2.23. The zero-order chi connectivity index (χ0) is 14.5. The van der Waals surface area contributed by atoms with Crippen LogP contribution in [0.15, 0.2) is 29.6 Å². The number of carbonyl (C=O) groups is 1. The van der Waals surface area contributed by atoms with Crippen LogP contribution >= 0.6 is 22.9 Å². The number of carboxylic acids is 1. The van der Waals surface area contributed by atoms with Crippen LogP contribution in [0.3, 0.4) is 0 Å². The monoisotopic (exact) mass is 310 g/mol. The number of carboxylic acid groups (broad SMARTS) is 1. The molecule has 106 valence electrons. The lowest BCUT2D eigenvalue weighted by Crippen LogP contribution is -2.12. The Labute approximate surface area is 126 Å². The third-order valence-electron chi connectivity index (χ3n) is 2.83. The maximum absolute atomic E-state index is 11.0. The molecule has 2 aromatic heterocycles. The molecule has 2 rings (SSSR count). The van der Waals surface area contributed by atoms with Gasteiger partial charge < -0.3 is 10.4 Å². The van der Waals surface area contributed by atoms with Gasteiger partial charge in [0.2, 0.25) is 0 Å². The third-order valence-corrected chi connectivity index (χ3v) is 4.13. The van der Waals surface area contributed by atoms with E-state index in [0.29, 0.717) is 5.82 Å². The number of nitrogens with zero attached hydrogens (tertiary/aromatic N) is 1. The summed E-state index contributed by atoms with van der Waals surface area (Å²) in [6, 6.07) is 7.45. The molecule has 2 heterocycles. The van der Waals surface area contributed by atoms with Crippen molar-refractivity contribution in [3.05, 3.63) is 45.2 Å². The molecule has 0 aliphatic carbocycles. The number of nitrogens with one attached hydrogen (secondary N) is 1. The Morgan fingerprint density at radius 2 is 2.30 bits per heavy atom. The van der Waals surface area contributed by atoms with E-state index in [9.17, 15) is 4.79 Å². The van der Waals surface area contributed by atoms with Crippen LogP contribution in [0.25, 0.3) is 0 Å². The molecule has 0 radical (unpaired) electrons. The first-order chi connectivity index (χ1) is 9.61. The van der Waals surface area contributed by atoms with Crippen LogP contribution in [-0.4, -0.2) is 16.1 Å². The Morgan fingerprint density at radius 3 is 2.90 bits per heavy atom. The molecule has 0 aromatic carbocycles. The zero-order valence-electron chi connectivity index (χ0n) is 11.0. The van der Waals surface area contributed by atoms with Crippen molar-refractivity contribution in [2.24, 2.45) is 0 Å². The summed E-state index contributed by atoms with van der Waals surface area (Å²) in [6.07, 6.45) is 1.97. The second kappa shape index (κ2) is 6.72. The first-order valence-corrected chi connectivity index (χ1v) is 7.57. The molecule has 0 spiro atoms. The summed E-state index contributed by atoms with van der Waals surface area (Å²) < 4.78 is 0. The molecule has 2 N–H and O–H groups in total. The minimum absolute atomic E-state index is 0.127. The number of anilines is 1. The van der Waals surface area contributed by atoms with Gasteiger partial charge in [-0.15, -0.1) is 11.3 Å². The molecule has 0 amide bonds. The smallest absolute Gasteiger partial charge is 0.356 e. The van der Waals surface area contributed by atoms with Gasteiger partial charge in [-0.2, -0.15) is 0 Å². The fourth-order valence-corrected chi connectivity index (χ4v) is 2.91. The molecule has 0 saturated heterocycles. The van der Waals surface area contributed by atoms with E-state index in [4.69, 9.17) is 16.7 Å². The lowest BCUT2D eigenvalue weighted by Gasteiger charge is -2.17. The van der Waals surface area contributed by atoms with Crippen LogP contribution in [0.2, 0.25) is 5.02 Å². The largest absolute Gasteiger partial charge is 0.476 e. The van der Waals surface area contributed by atoms with Gasteiger partial charge in [-0.1, -0.05) is 31.0 Å². The predicted octanol–water partition coefficient (Wildman–Crippen LogP) is 4.45. The molecule has 0 aliphatic heterocycles. The van der Waals surface area contributed by atoms with Crippen molar-refractivity contribution < 1.29 is 9.90 Å². The van der Waals surface area contributed by atoms with Gasteiger partial charge in [-0.3, -0.25) is 0 Å². The normalized spacial score (nSPS) is 12.1. The topological polar surface area (TPSA) is 62.2 Å². The SMILES string of the molecule is CCCC(Nc1ccc(Cl)c(C(=O)O)n1)c1cccs1. The Bertz CT molecular complexity index is 587. The highest BCUT2D eigenvalue weighted by atomic mass is 35.5. The van der Waals surface area contributed by atoms with Crippen molar-refractivity contribution >= 4 is 34.7 Å². The molecule has 1 atom stereocenters. The second-order valence-electron chi connectivity index (χ2n) is 4.33. The summed E-state index contributed by atoms with van der Waals surface area (Å²) in [5.74, 6) is -0.597. The second-order valence-corrected chi connectivity index (χ2v) is 5.72. The molecule has 20 heavy (non-hydrogen) atoms. The number of rotatable bonds is 6. The van der Waals surface area contributed by atoms with Gasteiger partial charge in [-0.25, -0.2) is 9.78 Å². The Hall–Kier alpha value is -1.59. The lowest BCUT2D eigenvalue weighted by atomic mass is 10.1. The van der Waals surface area contributed by atoms with Crippen molar-refractivity contribution in [2.75, 3.05) is 5.32 Å². The standard InChI is InChI=1S/C14H15ClN2O2S/c1-2-4-10(11-5-3-8-20-11)16-12-7-6-9(15)13(17-12)14(18)19/h3,5-8,10H,2,4H2,1H3,(H,16,17)(H,18,19). The maximum atomic E-state index is 11.0. The Kier molecular flexibility index (Phi) is 4.98. The van der Waals surface area contributed by atoms with E-state index >= 15 is 0 Å². The number of pyridine rings is 1. The van der Waals surface area contributed by atoms with Crippen LogP contribution < -0.4 is 5.32 Å². The molecule has 0 saturated carbocycles. The summed E-state index contributed by atoms with van der Waals surface area (Å²) in [4.78, 5) is 16.3. The van der Waals surface area contributed by atoms with E-state index in [1.54, 1.807) is 23.5 Å². The minimum Gasteiger partial charge on any atom is -0.476 e.